The van der Waals surface area contributed by atoms with Gasteiger partial charge in [-0.1, -0.05) is 17.7 Å². The van der Waals surface area contributed by atoms with Gasteiger partial charge in [-0.05, 0) is 42.5 Å². The Morgan fingerprint density at radius 2 is 1.84 bits per heavy atom. The summed E-state index contributed by atoms with van der Waals surface area (Å²) in [4.78, 5) is 12.8. The van der Waals surface area contributed by atoms with E-state index in [4.69, 9.17) is 26.3 Å². The topological polar surface area (TPSA) is 71.3 Å². The highest BCUT2D eigenvalue weighted by atomic mass is 35.5. The molecule has 0 unspecified atom stereocenters. The number of nitriles is 1. The van der Waals surface area contributed by atoms with Gasteiger partial charge in [0.2, 0.25) is 0 Å². The Morgan fingerprint density at radius 3 is 2.50 bits per heavy atom. The predicted molar refractivity (Wildman–Crippen MR) is 109 cm³/mol. The van der Waals surface area contributed by atoms with E-state index < -0.39 is 34.2 Å². The Balaban J connectivity index is 2.05. The molecule has 5 nitrogen and oxygen atoms in total. The van der Waals surface area contributed by atoms with Crippen molar-refractivity contribution >= 4 is 23.2 Å². The molecular formula is C22H13ClF4N2O3. The molecule has 3 aromatic carbocycles. The summed E-state index contributed by atoms with van der Waals surface area (Å²) in [5.74, 6) is -2.28. The second-order valence-corrected chi connectivity index (χ2v) is 6.78. The summed E-state index contributed by atoms with van der Waals surface area (Å²) in [6.07, 6.45) is -4.81. The summed E-state index contributed by atoms with van der Waals surface area (Å²) in [6, 6.07) is 12.5. The molecule has 164 valence electrons. The van der Waals surface area contributed by atoms with Crippen LogP contribution in [0.4, 0.5) is 23.2 Å². The monoisotopic (exact) mass is 464 g/mol. The van der Waals surface area contributed by atoms with E-state index in [0.717, 1.165) is 24.3 Å². The normalized spacial score (nSPS) is 10.9. The molecule has 0 fully saturated rings. The number of hydrogen-bond donors (Lipinski definition) is 1. The van der Waals surface area contributed by atoms with Crippen molar-refractivity contribution in [1.82, 2.24) is 0 Å². The fourth-order valence-corrected chi connectivity index (χ4v) is 3.00. The molecule has 0 saturated heterocycles. The van der Waals surface area contributed by atoms with Crippen LogP contribution in [-0.4, -0.2) is 13.0 Å². The first-order chi connectivity index (χ1) is 15.1. The Kier molecular flexibility index (Phi) is 6.55. The lowest BCUT2D eigenvalue weighted by Crippen LogP contribution is -2.15. The number of nitrogens with zero attached hydrogens (tertiary/aromatic N) is 1. The van der Waals surface area contributed by atoms with Crippen LogP contribution < -0.4 is 14.8 Å². The number of benzene rings is 3. The maximum absolute atomic E-state index is 13.7. The van der Waals surface area contributed by atoms with Gasteiger partial charge in [-0.2, -0.15) is 18.4 Å². The third-order valence-electron chi connectivity index (χ3n) is 4.22. The van der Waals surface area contributed by atoms with E-state index in [1.165, 1.54) is 31.4 Å². The summed E-state index contributed by atoms with van der Waals surface area (Å²) in [5.41, 5.74) is -1.03. The quantitative estimate of drug-likeness (QED) is 0.442. The summed E-state index contributed by atoms with van der Waals surface area (Å²) in [5, 5.41) is 10.8. The van der Waals surface area contributed by atoms with E-state index in [-0.39, 0.29) is 28.3 Å². The average molecular weight is 465 g/mol. The molecule has 0 aliphatic rings. The summed E-state index contributed by atoms with van der Waals surface area (Å²) in [7, 11) is 1.21. The highest BCUT2D eigenvalue weighted by Gasteiger charge is 2.35. The lowest BCUT2D eigenvalue weighted by molar-refractivity contribution is -0.137. The lowest BCUT2D eigenvalue weighted by Gasteiger charge is -2.16. The van der Waals surface area contributed by atoms with Gasteiger partial charge in [-0.15, -0.1) is 0 Å². The minimum absolute atomic E-state index is 0.0702. The van der Waals surface area contributed by atoms with Gasteiger partial charge in [-0.3, -0.25) is 4.79 Å². The van der Waals surface area contributed by atoms with Crippen LogP contribution in [0, 0.1) is 17.1 Å². The highest BCUT2D eigenvalue weighted by molar-refractivity contribution is 6.32. The summed E-state index contributed by atoms with van der Waals surface area (Å²) < 4.78 is 64.1. The fourth-order valence-electron chi connectivity index (χ4n) is 2.73. The van der Waals surface area contributed by atoms with Gasteiger partial charge < -0.3 is 14.8 Å². The number of amides is 1. The molecule has 0 aliphatic carbocycles. The maximum atomic E-state index is 13.7. The van der Waals surface area contributed by atoms with Gasteiger partial charge >= 0.3 is 6.18 Å². The number of carbonyl (C=O) groups is 1. The van der Waals surface area contributed by atoms with Gasteiger partial charge in [0.1, 0.15) is 11.5 Å². The van der Waals surface area contributed by atoms with E-state index in [1.807, 2.05) is 6.07 Å². The van der Waals surface area contributed by atoms with E-state index in [0.29, 0.717) is 6.07 Å². The highest BCUT2D eigenvalue weighted by Crippen LogP contribution is 2.40. The van der Waals surface area contributed by atoms with Gasteiger partial charge in [0.05, 0.1) is 34.9 Å². The fraction of sp³-hybridized carbons (Fsp3) is 0.0909. The number of nitrogens with one attached hydrogen (secondary N) is 1. The first-order valence-corrected chi connectivity index (χ1v) is 9.24. The Hall–Kier alpha value is -3.77. The number of halogens is 5. The smallest absolute Gasteiger partial charge is 0.417 e. The molecule has 10 heteroatoms. The molecule has 0 aromatic heterocycles. The van der Waals surface area contributed by atoms with E-state index in [2.05, 4.69) is 5.32 Å². The first kappa shape index (κ1) is 22.9. The van der Waals surface area contributed by atoms with Crippen molar-refractivity contribution in [3.63, 3.8) is 0 Å². The SMILES string of the molecule is COc1cc(Oc2cc(C(F)(F)F)c(Cl)cc2C(=O)Nc2cccc(C#N)c2)ccc1F. The van der Waals surface area contributed by atoms with Gasteiger partial charge in [0, 0.05) is 11.8 Å². The number of anilines is 1. The van der Waals surface area contributed by atoms with E-state index in [1.54, 1.807) is 0 Å². The number of alkyl halides is 3. The molecule has 0 heterocycles. The van der Waals surface area contributed by atoms with Gasteiger partial charge in [0.15, 0.2) is 11.6 Å². The predicted octanol–water partition coefficient (Wildman–Crippen LogP) is 6.42. The van der Waals surface area contributed by atoms with Crippen molar-refractivity contribution in [2.24, 2.45) is 0 Å². The van der Waals surface area contributed by atoms with Crippen LogP contribution in [0.5, 0.6) is 17.2 Å². The zero-order chi connectivity index (χ0) is 23.5. The minimum Gasteiger partial charge on any atom is -0.494 e. The van der Waals surface area contributed by atoms with Crippen LogP contribution in [0.2, 0.25) is 5.02 Å². The third-order valence-corrected chi connectivity index (χ3v) is 4.53. The number of hydrogen-bond acceptors (Lipinski definition) is 4. The van der Waals surface area contributed by atoms with Crippen LogP contribution in [0.25, 0.3) is 0 Å². The largest absolute Gasteiger partial charge is 0.494 e. The van der Waals surface area contributed by atoms with Gasteiger partial charge in [-0.25, -0.2) is 4.39 Å². The molecule has 1 amide bonds. The molecule has 0 bridgehead atoms. The lowest BCUT2D eigenvalue weighted by atomic mass is 10.1. The summed E-state index contributed by atoms with van der Waals surface area (Å²) in [6.45, 7) is 0. The molecule has 3 rings (SSSR count). The molecule has 0 saturated carbocycles. The standard InChI is InChI=1S/C22H13ClF4N2O3/c1-31-20-8-14(5-6-18(20)24)32-19-10-16(22(25,26)27)17(23)9-15(19)21(30)29-13-4-2-3-12(7-13)11-28/h2-10H,1H3,(H,29,30). The number of ether oxygens (including phenoxy) is 2. The Bertz CT molecular complexity index is 1220. The van der Waals surface area contributed by atoms with Crippen molar-refractivity contribution in [3.05, 3.63) is 82.1 Å². The first-order valence-electron chi connectivity index (χ1n) is 8.86. The average Bonchev–Trinajstić information content (AvgIpc) is 2.75. The van der Waals surface area contributed by atoms with Gasteiger partial charge in [0.25, 0.3) is 5.91 Å². The Morgan fingerprint density at radius 1 is 1.09 bits per heavy atom. The molecular weight excluding hydrogens is 452 g/mol. The van der Waals surface area contributed by atoms with Crippen LogP contribution in [0.3, 0.4) is 0 Å². The van der Waals surface area contributed by atoms with Crippen LogP contribution in [0.15, 0.2) is 54.6 Å². The van der Waals surface area contributed by atoms with Crippen LogP contribution in [-0.2, 0) is 6.18 Å². The van der Waals surface area contributed by atoms with Crippen molar-refractivity contribution in [3.8, 4) is 23.3 Å². The zero-order valence-corrected chi connectivity index (χ0v) is 17.0. The molecule has 3 aromatic rings. The minimum atomic E-state index is -4.81. The van der Waals surface area contributed by atoms with Crippen LogP contribution >= 0.6 is 11.6 Å². The van der Waals surface area contributed by atoms with Crippen molar-refractivity contribution in [1.29, 1.82) is 5.26 Å². The summed E-state index contributed by atoms with van der Waals surface area (Å²) >= 11 is 5.78. The van der Waals surface area contributed by atoms with E-state index in [9.17, 15) is 22.4 Å². The molecule has 32 heavy (non-hydrogen) atoms. The van der Waals surface area contributed by atoms with Crippen molar-refractivity contribution in [2.75, 3.05) is 12.4 Å². The molecule has 0 spiro atoms. The zero-order valence-electron chi connectivity index (χ0n) is 16.3. The number of carbonyl (C=O) groups excluding carboxylic acids is 1. The second kappa shape index (κ2) is 9.16. The molecule has 1 N–H and O–H groups in total. The molecule has 0 aliphatic heterocycles. The molecule has 0 radical (unpaired) electrons. The number of methoxy groups -OCH3 is 1. The second-order valence-electron chi connectivity index (χ2n) is 6.37. The van der Waals surface area contributed by atoms with Crippen LogP contribution in [0.1, 0.15) is 21.5 Å². The maximum Gasteiger partial charge on any atom is 0.417 e. The van der Waals surface area contributed by atoms with Crippen molar-refractivity contribution < 1.29 is 31.8 Å². The Labute approximate surface area is 184 Å². The third kappa shape index (κ3) is 5.10. The number of rotatable bonds is 5. The van der Waals surface area contributed by atoms with Crippen molar-refractivity contribution in [2.45, 2.75) is 6.18 Å². The molecule has 0 atom stereocenters. The van der Waals surface area contributed by atoms with E-state index >= 15 is 0 Å².